The van der Waals surface area contributed by atoms with Gasteiger partial charge in [-0.3, -0.25) is 0 Å². The Hall–Kier alpha value is -1.95. The molecule has 0 radical (unpaired) electrons. The second-order valence-electron chi connectivity index (χ2n) is 5.35. The summed E-state index contributed by atoms with van der Waals surface area (Å²) in [6.45, 7) is 5.63. The molecule has 0 saturated heterocycles. The molecule has 0 heterocycles. The van der Waals surface area contributed by atoms with Crippen molar-refractivity contribution in [1.29, 1.82) is 0 Å². The molecule has 0 aromatic heterocycles. The molecule has 0 aliphatic heterocycles. The van der Waals surface area contributed by atoms with E-state index in [1.165, 1.54) is 10.4 Å². The van der Waals surface area contributed by atoms with Crippen molar-refractivity contribution in [3.05, 3.63) is 78.4 Å². The van der Waals surface area contributed by atoms with Crippen LogP contribution in [0.3, 0.4) is 0 Å². The molecule has 23 heavy (non-hydrogen) atoms. The highest BCUT2D eigenvalue weighted by atomic mass is 32.2. The highest BCUT2D eigenvalue weighted by Crippen LogP contribution is 2.21. The molecule has 0 aliphatic carbocycles. The minimum atomic E-state index is -3.68. The van der Waals surface area contributed by atoms with Crippen LogP contribution in [0.15, 0.2) is 72.1 Å². The lowest BCUT2D eigenvalue weighted by Crippen LogP contribution is -2.35. The molecular weight excluding hydrogens is 310 g/mol. The summed E-state index contributed by atoms with van der Waals surface area (Å²) in [5.41, 5.74) is 1.67. The van der Waals surface area contributed by atoms with Crippen LogP contribution in [0.1, 0.15) is 17.2 Å². The summed E-state index contributed by atoms with van der Waals surface area (Å²) in [4.78, 5) is 0.213. The minimum Gasteiger partial charge on any atom is -0.387 e. The Morgan fingerprint density at radius 1 is 1.13 bits per heavy atom. The van der Waals surface area contributed by atoms with Gasteiger partial charge < -0.3 is 5.11 Å². The van der Waals surface area contributed by atoms with Gasteiger partial charge in [0.2, 0.25) is 10.0 Å². The summed E-state index contributed by atoms with van der Waals surface area (Å²) >= 11 is 0. The lowest BCUT2D eigenvalue weighted by Gasteiger charge is -2.24. The first-order valence-corrected chi connectivity index (χ1v) is 8.80. The molecule has 122 valence electrons. The molecule has 2 aromatic rings. The summed E-state index contributed by atoms with van der Waals surface area (Å²) in [5.74, 6) is 0. The van der Waals surface area contributed by atoms with Crippen LogP contribution in [0.2, 0.25) is 0 Å². The zero-order valence-corrected chi connectivity index (χ0v) is 13.9. The second kappa shape index (κ2) is 7.55. The van der Waals surface area contributed by atoms with E-state index in [0.717, 1.165) is 5.56 Å². The van der Waals surface area contributed by atoms with Crippen molar-refractivity contribution in [2.45, 2.75) is 17.9 Å². The van der Waals surface area contributed by atoms with Crippen molar-refractivity contribution >= 4 is 10.0 Å². The largest absolute Gasteiger partial charge is 0.387 e. The van der Waals surface area contributed by atoms with E-state index in [4.69, 9.17) is 0 Å². The van der Waals surface area contributed by atoms with Gasteiger partial charge in [-0.15, -0.1) is 6.58 Å². The van der Waals surface area contributed by atoms with E-state index in [1.807, 2.05) is 25.1 Å². The number of nitrogens with zero attached hydrogens (tertiary/aromatic N) is 1. The zero-order chi connectivity index (χ0) is 16.9. The average molecular weight is 331 g/mol. The van der Waals surface area contributed by atoms with Crippen LogP contribution in [0.25, 0.3) is 0 Å². The Labute approximate surface area is 137 Å². The first-order chi connectivity index (χ1) is 10.9. The van der Waals surface area contributed by atoms with Crippen molar-refractivity contribution in [3.8, 4) is 0 Å². The predicted octanol–water partition coefficient (Wildman–Crippen LogP) is 2.91. The smallest absolute Gasteiger partial charge is 0.243 e. The summed E-state index contributed by atoms with van der Waals surface area (Å²) < 4.78 is 26.8. The summed E-state index contributed by atoms with van der Waals surface area (Å²) in [5, 5.41) is 10.3. The standard InChI is InChI=1S/C18H21NO3S/c1-3-13-19(14-18(20)16-7-5-4-6-8-16)23(21,22)17-11-9-15(2)10-12-17/h3-12,18,20H,1,13-14H2,2H3/t18-/m0/s1. The molecular formula is C18H21NO3S. The van der Waals surface area contributed by atoms with Gasteiger partial charge in [0.05, 0.1) is 11.0 Å². The number of rotatable bonds is 7. The first kappa shape index (κ1) is 17.4. The predicted molar refractivity (Wildman–Crippen MR) is 91.5 cm³/mol. The number of benzene rings is 2. The number of aliphatic hydroxyl groups is 1. The molecule has 0 amide bonds. The molecule has 2 aromatic carbocycles. The van der Waals surface area contributed by atoms with Crippen LogP contribution in [-0.2, 0) is 10.0 Å². The van der Waals surface area contributed by atoms with Crippen LogP contribution < -0.4 is 0 Å². The Morgan fingerprint density at radius 2 is 1.74 bits per heavy atom. The normalized spacial score (nSPS) is 13.0. The number of hydrogen-bond donors (Lipinski definition) is 1. The highest BCUT2D eigenvalue weighted by Gasteiger charge is 2.26. The first-order valence-electron chi connectivity index (χ1n) is 7.36. The van der Waals surface area contributed by atoms with Gasteiger partial charge in [-0.1, -0.05) is 54.1 Å². The maximum absolute atomic E-state index is 12.8. The van der Waals surface area contributed by atoms with Crippen molar-refractivity contribution < 1.29 is 13.5 Å². The molecule has 0 aliphatic rings. The van der Waals surface area contributed by atoms with E-state index in [0.29, 0.717) is 5.56 Å². The Balaban J connectivity index is 2.26. The van der Waals surface area contributed by atoms with Crippen LogP contribution >= 0.6 is 0 Å². The SMILES string of the molecule is C=CCN(C[C@H](O)c1ccccc1)S(=O)(=O)c1ccc(C)cc1. The maximum Gasteiger partial charge on any atom is 0.243 e. The number of hydrogen-bond acceptors (Lipinski definition) is 3. The average Bonchev–Trinajstić information content (AvgIpc) is 2.55. The number of aliphatic hydroxyl groups excluding tert-OH is 1. The third-order valence-corrected chi connectivity index (χ3v) is 5.40. The van der Waals surface area contributed by atoms with Crippen molar-refractivity contribution in [3.63, 3.8) is 0 Å². The molecule has 5 heteroatoms. The monoisotopic (exact) mass is 331 g/mol. The highest BCUT2D eigenvalue weighted by molar-refractivity contribution is 7.89. The van der Waals surface area contributed by atoms with E-state index in [9.17, 15) is 13.5 Å². The van der Waals surface area contributed by atoms with Gasteiger partial charge in [-0.05, 0) is 24.6 Å². The van der Waals surface area contributed by atoms with Crippen LogP contribution in [0.5, 0.6) is 0 Å². The topological polar surface area (TPSA) is 57.6 Å². The van der Waals surface area contributed by atoms with Gasteiger partial charge in [0.1, 0.15) is 0 Å². The van der Waals surface area contributed by atoms with E-state index in [2.05, 4.69) is 6.58 Å². The molecule has 4 nitrogen and oxygen atoms in total. The van der Waals surface area contributed by atoms with Crippen LogP contribution in [0.4, 0.5) is 0 Å². The molecule has 2 rings (SSSR count). The van der Waals surface area contributed by atoms with Crippen LogP contribution in [-0.4, -0.2) is 30.9 Å². The van der Waals surface area contributed by atoms with Crippen LogP contribution in [0, 0.1) is 6.92 Å². The minimum absolute atomic E-state index is 0.0216. The fourth-order valence-electron chi connectivity index (χ4n) is 2.25. The summed E-state index contributed by atoms with van der Waals surface area (Å²) in [7, 11) is -3.68. The summed E-state index contributed by atoms with van der Waals surface area (Å²) in [6.07, 6.45) is 0.625. The maximum atomic E-state index is 12.8. The van der Waals surface area contributed by atoms with Gasteiger partial charge in [0, 0.05) is 13.1 Å². The van der Waals surface area contributed by atoms with E-state index < -0.39 is 16.1 Å². The van der Waals surface area contributed by atoms with Crippen molar-refractivity contribution in [2.24, 2.45) is 0 Å². The molecule has 1 atom stereocenters. The molecule has 0 spiro atoms. The zero-order valence-electron chi connectivity index (χ0n) is 13.1. The van der Waals surface area contributed by atoms with Gasteiger partial charge in [0.25, 0.3) is 0 Å². The van der Waals surface area contributed by atoms with Gasteiger partial charge in [-0.25, -0.2) is 8.42 Å². The van der Waals surface area contributed by atoms with Gasteiger partial charge >= 0.3 is 0 Å². The fourth-order valence-corrected chi connectivity index (χ4v) is 3.66. The van der Waals surface area contributed by atoms with E-state index in [-0.39, 0.29) is 18.0 Å². The quantitative estimate of drug-likeness (QED) is 0.794. The molecule has 1 N–H and O–H groups in total. The van der Waals surface area contributed by atoms with Gasteiger partial charge in [-0.2, -0.15) is 4.31 Å². The lowest BCUT2D eigenvalue weighted by molar-refractivity contribution is 0.151. The lowest BCUT2D eigenvalue weighted by atomic mass is 10.1. The number of sulfonamides is 1. The van der Waals surface area contributed by atoms with Crippen molar-refractivity contribution in [2.75, 3.05) is 13.1 Å². The third-order valence-electron chi connectivity index (χ3n) is 3.55. The fraction of sp³-hybridized carbons (Fsp3) is 0.222. The third kappa shape index (κ3) is 4.28. The Kier molecular flexibility index (Phi) is 5.71. The molecule has 0 saturated carbocycles. The summed E-state index contributed by atoms with van der Waals surface area (Å²) in [6, 6.07) is 15.7. The Bertz CT molecular complexity index is 740. The van der Waals surface area contributed by atoms with E-state index in [1.54, 1.807) is 36.4 Å². The van der Waals surface area contributed by atoms with Gasteiger partial charge in [0.15, 0.2) is 0 Å². The molecule has 0 bridgehead atoms. The molecule has 0 unspecified atom stereocenters. The second-order valence-corrected chi connectivity index (χ2v) is 7.29. The number of aryl methyl sites for hydroxylation is 1. The van der Waals surface area contributed by atoms with E-state index >= 15 is 0 Å². The van der Waals surface area contributed by atoms with Crippen molar-refractivity contribution in [1.82, 2.24) is 4.31 Å². The Morgan fingerprint density at radius 3 is 2.30 bits per heavy atom. The molecule has 0 fully saturated rings.